The highest BCUT2D eigenvalue weighted by Gasteiger charge is 2.34. The van der Waals surface area contributed by atoms with Gasteiger partial charge < -0.3 is 5.32 Å². The molecule has 0 saturated heterocycles. The number of nitriles is 1. The third kappa shape index (κ3) is 4.88. The van der Waals surface area contributed by atoms with Crippen LogP contribution < -0.4 is 5.32 Å². The summed E-state index contributed by atoms with van der Waals surface area (Å²) in [6, 6.07) is 8.37. The summed E-state index contributed by atoms with van der Waals surface area (Å²) in [4.78, 5) is 13.2. The van der Waals surface area contributed by atoms with Crippen molar-refractivity contribution in [3.8, 4) is 6.07 Å². The van der Waals surface area contributed by atoms with Crippen molar-refractivity contribution in [3.63, 3.8) is 0 Å². The van der Waals surface area contributed by atoms with Crippen molar-refractivity contribution in [1.29, 1.82) is 5.26 Å². The summed E-state index contributed by atoms with van der Waals surface area (Å²) >= 11 is 7.86. The molecule has 0 spiro atoms. The molecule has 2 aromatic carbocycles. The van der Waals surface area contributed by atoms with Gasteiger partial charge in [0.2, 0.25) is 0 Å². The van der Waals surface area contributed by atoms with E-state index >= 15 is 0 Å². The number of hydrogen-bond acceptors (Lipinski definition) is 3. The summed E-state index contributed by atoms with van der Waals surface area (Å²) in [5.41, 5.74) is 0.0681. The normalized spacial score (nSPS) is 21.0. The molecule has 1 aliphatic carbocycles. The van der Waals surface area contributed by atoms with Gasteiger partial charge in [0, 0.05) is 39.9 Å². The van der Waals surface area contributed by atoms with Crippen LogP contribution in [-0.2, 0) is 0 Å². The number of rotatable bonds is 5. The molecule has 0 bridgehead atoms. The number of carbonyl (C=O) groups is 1. The minimum atomic E-state index is -1.59. The van der Waals surface area contributed by atoms with E-state index in [-0.39, 0.29) is 22.4 Å². The van der Waals surface area contributed by atoms with Crippen LogP contribution in [0.2, 0.25) is 5.02 Å². The standard InChI is InChI=1S/C21H18ClF3N2OS/c1-11-2-3-12(6-7-26)20(11)29-18-8-13(4-5-15(18)22)21(28)27-14-9-16(23)19(25)17(24)10-14/h4-5,8-12,20H,2-3,6H2,1H3,(H,27,28). The van der Waals surface area contributed by atoms with Gasteiger partial charge >= 0.3 is 0 Å². The first-order valence-electron chi connectivity index (χ1n) is 9.09. The molecule has 0 aromatic heterocycles. The second-order valence-electron chi connectivity index (χ2n) is 7.11. The number of hydrogen-bond donors (Lipinski definition) is 1. The Kier molecular flexibility index (Phi) is 6.76. The van der Waals surface area contributed by atoms with Crippen LogP contribution in [0.1, 0.15) is 36.5 Å². The molecule has 1 fully saturated rings. The number of benzene rings is 2. The van der Waals surface area contributed by atoms with Crippen LogP contribution in [0.4, 0.5) is 18.9 Å². The Morgan fingerprint density at radius 2 is 1.93 bits per heavy atom. The van der Waals surface area contributed by atoms with Crippen LogP contribution >= 0.6 is 23.4 Å². The number of nitrogens with one attached hydrogen (secondary N) is 1. The van der Waals surface area contributed by atoms with Crippen molar-refractivity contribution in [2.75, 3.05) is 5.32 Å². The molecule has 1 saturated carbocycles. The molecule has 8 heteroatoms. The first-order chi connectivity index (χ1) is 13.8. The lowest BCUT2D eigenvalue weighted by Gasteiger charge is -2.21. The zero-order chi connectivity index (χ0) is 21.1. The summed E-state index contributed by atoms with van der Waals surface area (Å²) in [6.07, 6.45) is 2.48. The minimum absolute atomic E-state index is 0.186. The lowest BCUT2D eigenvalue weighted by atomic mass is 10.0. The maximum absolute atomic E-state index is 13.4. The molecular formula is C21H18ClF3N2OS. The highest BCUT2D eigenvalue weighted by Crippen LogP contribution is 2.45. The molecule has 3 unspecified atom stereocenters. The molecule has 1 N–H and O–H groups in total. The first-order valence-corrected chi connectivity index (χ1v) is 10.3. The molecule has 3 atom stereocenters. The lowest BCUT2D eigenvalue weighted by Crippen LogP contribution is -2.16. The van der Waals surface area contributed by atoms with Crippen molar-refractivity contribution in [2.24, 2.45) is 11.8 Å². The van der Waals surface area contributed by atoms with E-state index in [9.17, 15) is 18.0 Å². The second-order valence-corrected chi connectivity index (χ2v) is 8.74. The predicted molar refractivity (Wildman–Crippen MR) is 107 cm³/mol. The highest BCUT2D eigenvalue weighted by atomic mass is 35.5. The van der Waals surface area contributed by atoms with E-state index in [4.69, 9.17) is 16.9 Å². The van der Waals surface area contributed by atoms with Crippen molar-refractivity contribution >= 4 is 35.0 Å². The van der Waals surface area contributed by atoms with Crippen LogP contribution in [-0.4, -0.2) is 11.2 Å². The average Bonchev–Trinajstić information content (AvgIpc) is 3.01. The summed E-state index contributed by atoms with van der Waals surface area (Å²) in [5, 5.41) is 12.1. The molecule has 29 heavy (non-hydrogen) atoms. The Morgan fingerprint density at radius 3 is 2.59 bits per heavy atom. The van der Waals surface area contributed by atoms with Gasteiger partial charge in [-0.3, -0.25) is 4.79 Å². The number of carbonyl (C=O) groups excluding carboxylic acids is 1. The number of amides is 1. The van der Waals surface area contributed by atoms with Crippen molar-refractivity contribution in [1.82, 2.24) is 0 Å². The molecule has 2 aromatic rings. The van der Waals surface area contributed by atoms with Gasteiger partial charge in [-0.1, -0.05) is 18.5 Å². The Labute approximate surface area is 176 Å². The van der Waals surface area contributed by atoms with E-state index in [0.717, 1.165) is 12.8 Å². The quantitative estimate of drug-likeness (QED) is 0.547. The number of nitrogens with zero attached hydrogens (tertiary/aromatic N) is 1. The van der Waals surface area contributed by atoms with Crippen LogP contribution in [0.5, 0.6) is 0 Å². The van der Waals surface area contributed by atoms with E-state index in [1.807, 2.05) is 0 Å². The van der Waals surface area contributed by atoms with Crippen molar-refractivity contribution < 1.29 is 18.0 Å². The molecule has 152 valence electrons. The third-order valence-corrected chi connectivity index (χ3v) is 7.22. The van der Waals surface area contributed by atoms with Crippen LogP contribution in [0, 0.1) is 40.6 Å². The zero-order valence-electron chi connectivity index (χ0n) is 15.5. The van der Waals surface area contributed by atoms with Gasteiger partial charge in [-0.15, -0.1) is 11.8 Å². The van der Waals surface area contributed by atoms with Crippen LogP contribution in [0.25, 0.3) is 0 Å². The fourth-order valence-corrected chi connectivity index (χ4v) is 5.24. The molecule has 1 amide bonds. The molecule has 3 nitrogen and oxygen atoms in total. The topological polar surface area (TPSA) is 52.9 Å². The van der Waals surface area contributed by atoms with Gasteiger partial charge in [0.25, 0.3) is 5.91 Å². The van der Waals surface area contributed by atoms with E-state index in [2.05, 4.69) is 18.3 Å². The highest BCUT2D eigenvalue weighted by molar-refractivity contribution is 8.00. The van der Waals surface area contributed by atoms with Crippen molar-refractivity contribution in [3.05, 3.63) is 58.4 Å². The number of thioether (sulfide) groups is 1. The molecule has 1 aliphatic rings. The maximum atomic E-state index is 13.4. The van der Waals surface area contributed by atoms with Gasteiger partial charge in [-0.05, 0) is 42.9 Å². The van der Waals surface area contributed by atoms with Gasteiger partial charge in [-0.2, -0.15) is 5.26 Å². The summed E-state index contributed by atoms with van der Waals surface area (Å²) in [7, 11) is 0. The maximum Gasteiger partial charge on any atom is 0.255 e. The molecule has 3 rings (SSSR count). The summed E-state index contributed by atoms with van der Waals surface area (Å²) < 4.78 is 39.8. The molecule has 0 radical (unpaired) electrons. The third-order valence-electron chi connectivity index (χ3n) is 5.07. The van der Waals surface area contributed by atoms with E-state index < -0.39 is 23.4 Å². The second kappa shape index (κ2) is 9.10. The van der Waals surface area contributed by atoms with E-state index in [1.165, 1.54) is 6.07 Å². The molecular weight excluding hydrogens is 421 g/mol. The Bertz CT molecular complexity index is 956. The average molecular weight is 439 g/mol. The first kappa shape index (κ1) is 21.5. The van der Waals surface area contributed by atoms with Crippen LogP contribution in [0.3, 0.4) is 0 Å². The fraction of sp³-hybridized carbons (Fsp3) is 0.333. The van der Waals surface area contributed by atoms with Crippen molar-refractivity contribution in [2.45, 2.75) is 36.3 Å². The largest absolute Gasteiger partial charge is 0.322 e. The Balaban J connectivity index is 1.80. The Hall–Kier alpha value is -2.17. The molecule has 0 aliphatic heterocycles. The zero-order valence-corrected chi connectivity index (χ0v) is 17.1. The SMILES string of the molecule is CC1CCC(CC#N)C1Sc1cc(C(=O)Nc2cc(F)c(F)c(F)c2)ccc1Cl. The summed E-state index contributed by atoms with van der Waals surface area (Å²) in [5.74, 6) is -4.28. The fourth-order valence-electron chi connectivity index (χ4n) is 3.53. The van der Waals surface area contributed by atoms with Gasteiger partial charge in [-0.25, -0.2) is 13.2 Å². The predicted octanol–water partition coefficient (Wildman–Crippen LogP) is 6.43. The van der Waals surface area contributed by atoms with E-state index in [0.29, 0.717) is 34.4 Å². The minimum Gasteiger partial charge on any atom is -0.322 e. The Morgan fingerprint density at radius 1 is 1.24 bits per heavy atom. The smallest absolute Gasteiger partial charge is 0.255 e. The van der Waals surface area contributed by atoms with Crippen LogP contribution in [0.15, 0.2) is 35.2 Å². The molecule has 0 heterocycles. The number of halogens is 4. The van der Waals surface area contributed by atoms with Gasteiger partial charge in [0.15, 0.2) is 17.5 Å². The van der Waals surface area contributed by atoms with Gasteiger partial charge in [0.05, 0.1) is 11.1 Å². The number of anilines is 1. The monoisotopic (exact) mass is 438 g/mol. The lowest BCUT2D eigenvalue weighted by molar-refractivity contribution is 0.102. The summed E-state index contributed by atoms with van der Waals surface area (Å²) in [6.45, 7) is 2.14. The van der Waals surface area contributed by atoms with E-state index in [1.54, 1.807) is 23.9 Å². The van der Waals surface area contributed by atoms with Gasteiger partial charge in [0.1, 0.15) is 0 Å².